The summed E-state index contributed by atoms with van der Waals surface area (Å²) in [5.41, 5.74) is 2.38. The molecule has 0 radical (unpaired) electrons. The number of carbonyl (C=O) groups excluding carboxylic acids is 2. The summed E-state index contributed by atoms with van der Waals surface area (Å²) in [5.74, 6) is -0.116. The highest BCUT2D eigenvalue weighted by Gasteiger charge is 2.42. The fourth-order valence-electron chi connectivity index (χ4n) is 4.06. The maximum absolute atomic E-state index is 13.1. The lowest BCUT2D eigenvalue weighted by molar-refractivity contribution is 0.0592. The van der Waals surface area contributed by atoms with Gasteiger partial charge < -0.3 is 15.5 Å². The smallest absolute Gasteiger partial charge is 0.257 e. The van der Waals surface area contributed by atoms with Crippen LogP contribution in [0, 0.1) is 6.92 Å². The molecule has 2 aromatic rings. The van der Waals surface area contributed by atoms with E-state index in [1.165, 1.54) is 0 Å². The summed E-state index contributed by atoms with van der Waals surface area (Å²) in [6.07, 6.45) is 4.24. The first-order valence-electron chi connectivity index (χ1n) is 9.54. The van der Waals surface area contributed by atoms with E-state index in [0.717, 1.165) is 37.2 Å². The van der Waals surface area contributed by atoms with Crippen molar-refractivity contribution in [1.82, 2.24) is 20.0 Å². The van der Waals surface area contributed by atoms with Crippen molar-refractivity contribution in [2.45, 2.75) is 45.3 Å². The van der Waals surface area contributed by atoms with Crippen LogP contribution in [0.15, 0.2) is 30.5 Å². The Morgan fingerprint density at radius 1 is 1.30 bits per heavy atom. The van der Waals surface area contributed by atoms with E-state index < -0.39 is 5.66 Å². The summed E-state index contributed by atoms with van der Waals surface area (Å²) in [4.78, 5) is 27.5. The summed E-state index contributed by atoms with van der Waals surface area (Å²) in [5, 5.41) is 10.9. The zero-order valence-corrected chi connectivity index (χ0v) is 15.8. The Morgan fingerprint density at radius 3 is 2.93 bits per heavy atom. The lowest BCUT2D eigenvalue weighted by Crippen LogP contribution is -2.66. The number of para-hydroxylation sites is 1. The topological polar surface area (TPSA) is 79.3 Å². The van der Waals surface area contributed by atoms with Crippen molar-refractivity contribution in [3.63, 3.8) is 0 Å². The van der Waals surface area contributed by atoms with Crippen LogP contribution in [0.3, 0.4) is 0 Å². The van der Waals surface area contributed by atoms with E-state index in [9.17, 15) is 9.59 Å². The number of piperidine rings is 1. The average Bonchev–Trinajstić information content (AvgIpc) is 3.02. The number of aryl methyl sites for hydroxylation is 1. The van der Waals surface area contributed by atoms with Gasteiger partial charge in [0.15, 0.2) is 0 Å². The van der Waals surface area contributed by atoms with Crippen molar-refractivity contribution >= 4 is 17.5 Å². The highest BCUT2D eigenvalue weighted by Crippen LogP contribution is 2.31. The molecule has 1 atom stereocenters. The third kappa shape index (κ3) is 3.07. The van der Waals surface area contributed by atoms with Crippen LogP contribution in [-0.4, -0.2) is 45.2 Å². The van der Waals surface area contributed by atoms with Crippen molar-refractivity contribution in [3.05, 3.63) is 47.3 Å². The van der Waals surface area contributed by atoms with E-state index in [2.05, 4.69) is 22.7 Å². The molecule has 1 fully saturated rings. The number of hydrogen-bond donors (Lipinski definition) is 2. The summed E-state index contributed by atoms with van der Waals surface area (Å²) >= 11 is 0. The zero-order valence-electron chi connectivity index (χ0n) is 15.8. The first-order chi connectivity index (χ1) is 13.0. The van der Waals surface area contributed by atoms with Crippen molar-refractivity contribution in [1.29, 1.82) is 0 Å². The van der Waals surface area contributed by atoms with E-state index in [-0.39, 0.29) is 11.8 Å². The molecular weight excluding hydrogens is 342 g/mol. The molecule has 2 aliphatic rings. The third-order valence-corrected chi connectivity index (χ3v) is 5.45. The molecular formula is C20H25N5O2. The molecule has 1 aromatic carbocycles. The Morgan fingerprint density at radius 2 is 2.11 bits per heavy atom. The number of likely N-dealkylation sites (tertiary alicyclic amines) is 1. The number of aromatic nitrogens is 2. The molecule has 2 N–H and O–H groups in total. The molecule has 2 aliphatic heterocycles. The Balaban J connectivity index is 1.57. The molecule has 1 saturated heterocycles. The van der Waals surface area contributed by atoms with Crippen LogP contribution in [0.4, 0.5) is 5.69 Å². The minimum atomic E-state index is -0.618. The lowest BCUT2D eigenvalue weighted by atomic mass is 9.93. The van der Waals surface area contributed by atoms with Gasteiger partial charge in [-0.3, -0.25) is 14.3 Å². The quantitative estimate of drug-likeness (QED) is 0.873. The van der Waals surface area contributed by atoms with E-state index >= 15 is 0 Å². The molecule has 0 unspecified atom stereocenters. The Labute approximate surface area is 158 Å². The fourth-order valence-corrected chi connectivity index (χ4v) is 4.06. The largest absolute Gasteiger partial charge is 0.361 e. The zero-order chi connectivity index (χ0) is 19.0. The molecule has 4 rings (SSSR count). The fraction of sp³-hybridized carbons (Fsp3) is 0.450. The first kappa shape index (κ1) is 17.6. The van der Waals surface area contributed by atoms with Crippen LogP contribution in [0.2, 0.25) is 0 Å². The normalized spacial score (nSPS) is 21.6. The van der Waals surface area contributed by atoms with Crippen LogP contribution < -0.4 is 10.6 Å². The van der Waals surface area contributed by atoms with Crippen molar-refractivity contribution in [2.75, 3.05) is 18.4 Å². The van der Waals surface area contributed by atoms with Gasteiger partial charge in [0.2, 0.25) is 0 Å². The minimum Gasteiger partial charge on any atom is -0.361 e. The minimum absolute atomic E-state index is 0.0242. The maximum atomic E-state index is 13.1. The first-order valence-corrected chi connectivity index (χ1v) is 9.54. The molecule has 0 aliphatic carbocycles. The number of anilines is 1. The van der Waals surface area contributed by atoms with Gasteiger partial charge in [0.1, 0.15) is 5.66 Å². The molecule has 0 bridgehead atoms. The van der Waals surface area contributed by atoms with Gasteiger partial charge in [-0.25, -0.2) is 0 Å². The molecule has 142 valence electrons. The number of carbonyl (C=O) groups is 2. The molecule has 7 heteroatoms. The van der Waals surface area contributed by atoms with Gasteiger partial charge in [-0.05, 0) is 38.3 Å². The lowest BCUT2D eigenvalue weighted by Gasteiger charge is -2.46. The number of nitrogens with one attached hydrogen (secondary N) is 2. The highest BCUT2D eigenvalue weighted by molar-refractivity contribution is 6.02. The maximum Gasteiger partial charge on any atom is 0.257 e. The molecule has 1 spiro atoms. The Kier molecular flexibility index (Phi) is 4.37. The average molecular weight is 367 g/mol. The molecule has 1 aromatic heterocycles. The molecule has 2 amide bonds. The number of nitrogens with zero attached hydrogens (tertiary/aromatic N) is 3. The van der Waals surface area contributed by atoms with Crippen molar-refractivity contribution < 1.29 is 9.59 Å². The van der Waals surface area contributed by atoms with E-state index in [0.29, 0.717) is 24.2 Å². The van der Waals surface area contributed by atoms with Gasteiger partial charge in [-0.2, -0.15) is 5.10 Å². The second kappa shape index (κ2) is 6.72. The number of rotatable bonds is 3. The van der Waals surface area contributed by atoms with Gasteiger partial charge in [0.25, 0.3) is 11.8 Å². The Hall–Kier alpha value is -2.83. The number of hydrogen-bond acceptors (Lipinski definition) is 4. The van der Waals surface area contributed by atoms with E-state index in [4.69, 9.17) is 0 Å². The van der Waals surface area contributed by atoms with Crippen LogP contribution >= 0.6 is 0 Å². The predicted octanol–water partition coefficient (Wildman–Crippen LogP) is 2.39. The van der Waals surface area contributed by atoms with E-state index in [1.807, 2.05) is 40.8 Å². The van der Waals surface area contributed by atoms with Crippen LogP contribution in [0.25, 0.3) is 0 Å². The second-order valence-electron chi connectivity index (χ2n) is 7.40. The van der Waals surface area contributed by atoms with Gasteiger partial charge in [-0.15, -0.1) is 0 Å². The van der Waals surface area contributed by atoms with Gasteiger partial charge in [-0.1, -0.05) is 19.1 Å². The molecule has 3 heterocycles. The SMILES string of the molecule is CCCn1ncc(C(=O)N2CCC[C@@]3(C2)NC(=O)c2ccccc2N3)c1C. The Bertz CT molecular complexity index is 890. The monoisotopic (exact) mass is 367 g/mol. The number of fused-ring (bicyclic) bond motifs is 1. The summed E-state index contributed by atoms with van der Waals surface area (Å²) in [6.45, 7) is 5.94. The molecule has 0 saturated carbocycles. The van der Waals surface area contributed by atoms with Crippen LogP contribution in [0.5, 0.6) is 0 Å². The summed E-state index contributed by atoms with van der Waals surface area (Å²) in [6, 6.07) is 7.48. The second-order valence-corrected chi connectivity index (χ2v) is 7.40. The number of amides is 2. The summed E-state index contributed by atoms with van der Waals surface area (Å²) < 4.78 is 1.88. The standard InChI is InChI=1S/C20H25N5O2/c1-3-10-25-14(2)16(12-21-25)19(27)24-11-6-9-20(13-24)22-17-8-5-4-7-15(17)18(26)23-20/h4-5,7-8,12,22H,3,6,9-11,13H2,1-2H3,(H,23,26)/t20-/m0/s1. The van der Waals surface area contributed by atoms with Crippen molar-refractivity contribution in [2.24, 2.45) is 0 Å². The molecule has 7 nitrogen and oxygen atoms in total. The number of benzene rings is 1. The predicted molar refractivity (Wildman–Crippen MR) is 103 cm³/mol. The van der Waals surface area contributed by atoms with Gasteiger partial charge >= 0.3 is 0 Å². The van der Waals surface area contributed by atoms with Gasteiger partial charge in [0, 0.05) is 24.5 Å². The van der Waals surface area contributed by atoms with Crippen LogP contribution in [0.1, 0.15) is 52.6 Å². The summed E-state index contributed by atoms with van der Waals surface area (Å²) in [7, 11) is 0. The third-order valence-electron chi connectivity index (χ3n) is 5.45. The van der Waals surface area contributed by atoms with Gasteiger partial charge in [0.05, 0.1) is 23.9 Å². The molecule has 27 heavy (non-hydrogen) atoms. The van der Waals surface area contributed by atoms with Crippen LogP contribution in [-0.2, 0) is 6.54 Å². The highest BCUT2D eigenvalue weighted by atomic mass is 16.2. The van der Waals surface area contributed by atoms with E-state index in [1.54, 1.807) is 6.20 Å². The van der Waals surface area contributed by atoms with Crippen molar-refractivity contribution in [3.8, 4) is 0 Å².